The molecular weight excluding hydrogens is 386 g/mol. The van der Waals surface area contributed by atoms with Crippen molar-refractivity contribution in [3.05, 3.63) is 46.0 Å². The van der Waals surface area contributed by atoms with Crippen molar-refractivity contribution in [2.24, 2.45) is 5.41 Å². The second-order valence-corrected chi connectivity index (χ2v) is 8.28. The van der Waals surface area contributed by atoms with Gasteiger partial charge >= 0.3 is 0 Å². The minimum atomic E-state index is -0.914. The second kappa shape index (κ2) is 7.20. The summed E-state index contributed by atoms with van der Waals surface area (Å²) < 4.78 is 30.5. The van der Waals surface area contributed by atoms with Gasteiger partial charge < -0.3 is 9.80 Å². The molecule has 1 atom stereocenters. The lowest BCUT2D eigenvalue weighted by Crippen LogP contribution is -2.50. The maximum Gasteiger partial charge on any atom is 0.267 e. The van der Waals surface area contributed by atoms with E-state index in [4.69, 9.17) is 0 Å². The molecule has 3 heterocycles. The quantitative estimate of drug-likeness (QED) is 0.786. The molecule has 1 spiro atoms. The van der Waals surface area contributed by atoms with E-state index in [2.05, 4.69) is 9.59 Å². The number of carbonyl (C=O) groups is 2. The Morgan fingerprint density at radius 2 is 2.07 bits per heavy atom. The lowest BCUT2D eigenvalue weighted by atomic mass is 9.78. The van der Waals surface area contributed by atoms with Gasteiger partial charge in [-0.1, -0.05) is 10.6 Å². The zero-order chi connectivity index (χ0) is 19.9. The molecule has 1 unspecified atom stereocenters. The summed E-state index contributed by atoms with van der Waals surface area (Å²) in [7, 11) is 0. The first kappa shape index (κ1) is 18.9. The van der Waals surface area contributed by atoms with Crippen LogP contribution in [0.3, 0.4) is 0 Å². The van der Waals surface area contributed by atoms with Gasteiger partial charge in [-0.25, -0.2) is 8.78 Å². The molecule has 28 heavy (non-hydrogen) atoms. The number of hydrogen-bond acceptors (Lipinski definition) is 5. The van der Waals surface area contributed by atoms with Crippen molar-refractivity contribution in [1.29, 1.82) is 0 Å². The predicted molar refractivity (Wildman–Crippen MR) is 98.6 cm³/mol. The number of hydrogen-bond donors (Lipinski definition) is 0. The van der Waals surface area contributed by atoms with Crippen molar-refractivity contribution in [3.8, 4) is 0 Å². The topological polar surface area (TPSA) is 66.4 Å². The number of aromatic nitrogens is 2. The molecule has 0 saturated carbocycles. The van der Waals surface area contributed by atoms with Gasteiger partial charge in [0.1, 0.15) is 4.88 Å². The highest BCUT2D eigenvalue weighted by atomic mass is 32.1. The summed E-state index contributed by atoms with van der Waals surface area (Å²) in [6, 6.07) is 3.71. The smallest absolute Gasteiger partial charge is 0.267 e. The Hall–Kier alpha value is -2.42. The largest absolute Gasteiger partial charge is 0.338 e. The fourth-order valence-electron chi connectivity index (χ4n) is 4.16. The third-order valence-electron chi connectivity index (χ3n) is 5.67. The minimum absolute atomic E-state index is 0.0158. The van der Waals surface area contributed by atoms with Gasteiger partial charge in [0.2, 0.25) is 5.91 Å². The van der Waals surface area contributed by atoms with Crippen molar-refractivity contribution in [2.75, 3.05) is 19.6 Å². The molecule has 2 aromatic rings. The molecule has 2 aliphatic heterocycles. The molecule has 2 saturated heterocycles. The van der Waals surface area contributed by atoms with Crippen LogP contribution in [0.15, 0.2) is 18.2 Å². The molecule has 148 valence electrons. The van der Waals surface area contributed by atoms with E-state index in [9.17, 15) is 18.4 Å². The van der Waals surface area contributed by atoms with Gasteiger partial charge in [-0.05, 0) is 55.4 Å². The van der Waals surface area contributed by atoms with Crippen molar-refractivity contribution in [3.63, 3.8) is 0 Å². The number of rotatable bonds is 3. The van der Waals surface area contributed by atoms with Crippen molar-refractivity contribution >= 4 is 23.3 Å². The van der Waals surface area contributed by atoms with Gasteiger partial charge in [-0.2, -0.15) is 0 Å². The van der Waals surface area contributed by atoms with Gasteiger partial charge in [0, 0.05) is 26.2 Å². The molecule has 0 aliphatic carbocycles. The van der Waals surface area contributed by atoms with Crippen molar-refractivity contribution in [1.82, 2.24) is 19.4 Å². The van der Waals surface area contributed by atoms with E-state index in [1.54, 1.807) is 16.7 Å². The van der Waals surface area contributed by atoms with Crippen LogP contribution < -0.4 is 0 Å². The number of nitrogens with zero attached hydrogens (tertiary/aromatic N) is 4. The number of amides is 2. The first-order valence-corrected chi connectivity index (χ1v) is 9.98. The van der Waals surface area contributed by atoms with E-state index in [1.165, 1.54) is 6.07 Å². The SMILES string of the molecule is Cc1nnsc1C(=O)N1CCC2(CCCN(Cc3ccc(F)c(F)c3)C2=O)C1. The lowest BCUT2D eigenvalue weighted by molar-refractivity contribution is -0.146. The summed E-state index contributed by atoms with van der Waals surface area (Å²) in [6.45, 7) is 3.45. The van der Waals surface area contributed by atoms with Gasteiger partial charge in [0.05, 0.1) is 11.1 Å². The Labute approximate surface area is 165 Å². The highest BCUT2D eigenvalue weighted by molar-refractivity contribution is 7.07. The molecular formula is C19H20F2N4O2S. The summed E-state index contributed by atoms with van der Waals surface area (Å²) >= 11 is 1.07. The van der Waals surface area contributed by atoms with E-state index < -0.39 is 17.0 Å². The molecule has 0 N–H and O–H groups in total. The highest BCUT2D eigenvalue weighted by Crippen LogP contribution is 2.41. The van der Waals surface area contributed by atoms with Gasteiger partial charge in [-0.15, -0.1) is 5.10 Å². The highest BCUT2D eigenvalue weighted by Gasteiger charge is 2.49. The molecule has 0 radical (unpaired) electrons. The monoisotopic (exact) mass is 406 g/mol. The fraction of sp³-hybridized carbons (Fsp3) is 0.474. The second-order valence-electron chi connectivity index (χ2n) is 7.52. The molecule has 2 amide bonds. The summed E-state index contributed by atoms with van der Waals surface area (Å²) in [6.07, 6.45) is 2.15. The third kappa shape index (κ3) is 3.28. The maximum atomic E-state index is 13.5. The summed E-state index contributed by atoms with van der Waals surface area (Å²) in [5.74, 6) is -1.96. The van der Waals surface area contributed by atoms with E-state index in [0.29, 0.717) is 42.2 Å². The number of piperidine rings is 1. The fourth-order valence-corrected chi connectivity index (χ4v) is 4.78. The standard InChI is InChI=1S/C19H20F2N4O2S/c1-12-16(28-23-22-12)17(26)25-8-6-19(11-25)5-2-7-24(18(19)27)10-13-3-4-14(20)15(21)9-13/h3-4,9H,2,5-8,10-11H2,1H3. The van der Waals surface area contributed by atoms with Crippen LogP contribution >= 0.6 is 11.5 Å². The molecule has 6 nitrogen and oxygen atoms in total. The van der Waals surface area contributed by atoms with E-state index >= 15 is 0 Å². The Balaban J connectivity index is 1.49. The van der Waals surface area contributed by atoms with Crippen molar-refractivity contribution < 1.29 is 18.4 Å². The Kier molecular flexibility index (Phi) is 4.86. The molecule has 2 aliphatic rings. The van der Waals surface area contributed by atoms with Crippen LogP contribution in [0.1, 0.15) is 40.2 Å². The summed E-state index contributed by atoms with van der Waals surface area (Å²) in [5.41, 5.74) is 0.561. The predicted octanol–water partition coefficient (Wildman–Crippen LogP) is 2.78. The van der Waals surface area contributed by atoms with Gasteiger partial charge in [0.15, 0.2) is 11.6 Å². The summed E-state index contributed by atoms with van der Waals surface area (Å²) in [4.78, 5) is 29.9. The van der Waals surface area contributed by atoms with Gasteiger partial charge in [0.25, 0.3) is 5.91 Å². The van der Waals surface area contributed by atoms with E-state index in [1.807, 2.05) is 0 Å². The Morgan fingerprint density at radius 3 is 2.79 bits per heavy atom. The molecule has 9 heteroatoms. The Bertz CT molecular complexity index is 934. The molecule has 1 aromatic carbocycles. The average molecular weight is 406 g/mol. The number of benzene rings is 1. The maximum absolute atomic E-state index is 13.5. The number of carbonyl (C=O) groups excluding carboxylic acids is 2. The molecule has 2 fully saturated rings. The molecule has 4 rings (SSSR count). The number of halogens is 2. The molecule has 0 bridgehead atoms. The third-order valence-corrected chi connectivity index (χ3v) is 6.48. The lowest BCUT2D eigenvalue weighted by Gasteiger charge is -2.39. The van der Waals surface area contributed by atoms with Crippen LogP contribution in [-0.2, 0) is 11.3 Å². The van der Waals surface area contributed by atoms with E-state index in [-0.39, 0.29) is 18.4 Å². The average Bonchev–Trinajstić information content (AvgIpc) is 3.29. The normalized spacial score (nSPS) is 22.3. The zero-order valence-electron chi connectivity index (χ0n) is 15.5. The number of likely N-dealkylation sites (tertiary alicyclic amines) is 2. The number of aryl methyl sites for hydroxylation is 1. The minimum Gasteiger partial charge on any atom is -0.338 e. The Morgan fingerprint density at radius 1 is 1.25 bits per heavy atom. The first-order valence-electron chi connectivity index (χ1n) is 9.21. The molecule has 1 aromatic heterocycles. The van der Waals surface area contributed by atoms with Crippen LogP contribution in [0.4, 0.5) is 8.78 Å². The van der Waals surface area contributed by atoms with Crippen LogP contribution in [-0.4, -0.2) is 50.8 Å². The first-order chi connectivity index (χ1) is 13.4. The van der Waals surface area contributed by atoms with Crippen LogP contribution in [0.25, 0.3) is 0 Å². The van der Waals surface area contributed by atoms with Crippen LogP contribution in [0.2, 0.25) is 0 Å². The van der Waals surface area contributed by atoms with Crippen LogP contribution in [0.5, 0.6) is 0 Å². The summed E-state index contributed by atoms with van der Waals surface area (Å²) in [5, 5.41) is 3.89. The van der Waals surface area contributed by atoms with Gasteiger partial charge in [-0.3, -0.25) is 9.59 Å². The van der Waals surface area contributed by atoms with Crippen LogP contribution in [0, 0.1) is 24.0 Å². The van der Waals surface area contributed by atoms with E-state index in [0.717, 1.165) is 36.5 Å². The zero-order valence-corrected chi connectivity index (χ0v) is 16.3. The van der Waals surface area contributed by atoms with Crippen molar-refractivity contribution in [2.45, 2.75) is 32.7 Å².